The molecular weight excluding hydrogens is 404 g/mol. The van der Waals surface area contributed by atoms with Crippen molar-refractivity contribution in [2.75, 3.05) is 28.2 Å². The number of hydrogen-bond acceptors (Lipinski definition) is 7. The molecule has 25 heavy (non-hydrogen) atoms. The van der Waals surface area contributed by atoms with Crippen molar-refractivity contribution >= 4 is 61.4 Å². The molecule has 0 fully saturated rings. The maximum atomic E-state index is 12.3. The van der Waals surface area contributed by atoms with E-state index in [-0.39, 0.29) is 6.54 Å². The fraction of sp³-hybridized carbons (Fsp3) is 0.357. The lowest BCUT2D eigenvalue weighted by atomic mass is 10.2. The first-order chi connectivity index (χ1) is 11.7. The molecule has 7 nitrogen and oxygen atoms in total. The van der Waals surface area contributed by atoms with Gasteiger partial charge in [0.1, 0.15) is 6.54 Å². The predicted octanol–water partition coefficient (Wildman–Crippen LogP) is 3.02. The zero-order valence-corrected chi connectivity index (χ0v) is 17.0. The number of anilines is 2. The number of carbonyl (C=O) groups excluding carboxylic acids is 1. The van der Waals surface area contributed by atoms with Crippen molar-refractivity contribution in [2.24, 2.45) is 0 Å². The Bertz CT molecular complexity index is 870. The molecule has 0 bridgehead atoms. The zero-order chi connectivity index (χ0) is 18.6. The van der Waals surface area contributed by atoms with Crippen molar-refractivity contribution in [2.45, 2.75) is 18.2 Å². The van der Waals surface area contributed by atoms with Crippen LogP contribution >= 0.6 is 34.7 Å². The van der Waals surface area contributed by atoms with Gasteiger partial charge in [0.25, 0.3) is 0 Å². The van der Waals surface area contributed by atoms with Crippen molar-refractivity contribution < 1.29 is 13.2 Å². The van der Waals surface area contributed by atoms with E-state index < -0.39 is 15.9 Å². The van der Waals surface area contributed by atoms with Crippen LogP contribution in [0.4, 0.5) is 10.8 Å². The van der Waals surface area contributed by atoms with E-state index in [1.165, 1.54) is 23.1 Å². The molecule has 0 aliphatic rings. The highest BCUT2D eigenvalue weighted by Gasteiger charge is 2.23. The van der Waals surface area contributed by atoms with Gasteiger partial charge in [-0.3, -0.25) is 14.4 Å². The van der Waals surface area contributed by atoms with Gasteiger partial charge < -0.3 is 0 Å². The lowest BCUT2D eigenvalue weighted by Gasteiger charge is -2.23. The first-order valence-corrected chi connectivity index (χ1v) is 11.2. The van der Waals surface area contributed by atoms with E-state index in [0.717, 1.165) is 20.7 Å². The van der Waals surface area contributed by atoms with Gasteiger partial charge in [0, 0.05) is 5.02 Å². The van der Waals surface area contributed by atoms with Crippen LogP contribution in [0.3, 0.4) is 0 Å². The van der Waals surface area contributed by atoms with Gasteiger partial charge in [-0.15, -0.1) is 10.2 Å². The Balaban J connectivity index is 2.19. The molecule has 0 aliphatic heterocycles. The van der Waals surface area contributed by atoms with Crippen LogP contribution < -0.4 is 9.62 Å². The number of benzene rings is 1. The van der Waals surface area contributed by atoms with Crippen molar-refractivity contribution in [3.05, 3.63) is 28.8 Å². The summed E-state index contributed by atoms with van der Waals surface area (Å²) in [6.07, 6.45) is 1.04. The monoisotopic (exact) mass is 420 g/mol. The Morgan fingerprint density at radius 3 is 2.76 bits per heavy atom. The second-order valence-corrected chi connectivity index (χ2v) is 9.81. The maximum absolute atomic E-state index is 12.3. The van der Waals surface area contributed by atoms with E-state index >= 15 is 0 Å². The molecule has 1 heterocycles. The highest BCUT2D eigenvalue weighted by molar-refractivity contribution is 8.01. The molecular formula is C14H17ClN4O3S3. The molecule has 0 spiro atoms. The van der Waals surface area contributed by atoms with E-state index in [1.807, 2.05) is 6.92 Å². The number of nitrogens with zero attached hydrogens (tertiary/aromatic N) is 3. The van der Waals surface area contributed by atoms with Crippen molar-refractivity contribution in [1.29, 1.82) is 0 Å². The lowest BCUT2D eigenvalue weighted by Crippen LogP contribution is -2.37. The number of rotatable bonds is 7. The molecule has 0 saturated heterocycles. The fourth-order valence-corrected chi connectivity index (χ4v) is 4.72. The second-order valence-electron chi connectivity index (χ2n) is 5.01. The average molecular weight is 421 g/mol. The molecule has 0 atom stereocenters. The Kier molecular flexibility index (Phi) is 6.66. The summed E-state index contributed by atoms with van der Waals surface area (Å²) in [4.78, 5) is 12.3. The maximum Gasteiger partial charge on any atom is 0.246 e. The minimum Gasteiger partial charge on any atom is -0.299 e. The van der Waals surface area contributed by atoms with Crippen LogP contribution in [-0.4, -0.2) is 43.1 Å². The van der Waals surface area contributed by atoms with Crippen molar-refractivity contribution in [1.82, 2.24) is 10.2 Å². The van der Waals surface area contributed by atoms with Crippen LogP contribution in [0.2, 0.25) is 5.02 Å². The number of halogens is 1. The van der Waals surface area contributed by atoms with Crippen LogP contribution in [0.15, 0.2) is 22.5 Å². The Labute approximate surface area is 159 Å². The molecule has 1 aromatic carbocycles. The van der Waals surface area contributed by atoms with Gasteiger partial charge in [0.15, 0.2) is 4.34 Å². The van der Waals surface area contributed by atoms with Gasteiger partial charge in [0.05, 0.1) is 11.9 Å². The number of carbonyl (C=O) groups is 1. The summed E-state index contributed by atoms with van der Waals surface area (Å²) in [5, 5.41) is 11.2. The predicted molar refractivity (Wildman–Crippen MR) is 103 cm³/mol. The third-order valence-electron chi connectivity index (χ3n) is 3.12. The largest absolute Gasteiger partial charge is 0.299 e. The molecule has 1 amide bonds. The second kappa shape index (κ2) is 8.35. The topological polar surface area (TPSA) is 92.3 Å². The lowest BCUT2D eigenvalue weighted by molar-refractivity contribution is -0.114. The molecule has 2 rings (SSSR count). The van der Waals surface area contributed by atoms with Crippen molar-refractivity contribution in [3.8, 4) is 0 Å². The minimum atomic E-state index is -3.67. The van der Waals surface area contributed by atoms with Gasteiger partial charge >= 0.3 is 0 Å². The minimum absolute atomic E-state index is 0.331. The van der Waals surface area contributed by atoms with Crippen LogP contribution in [0, 0.1) is 6.92 Å². The summed E-state index contributed by atoms with van der Waals surface area (Å²) in [7, 11) is -3.67. The first-order valence-electron chi connectivity index (χ1n) is 7.21. The van der Waals surface area contributed by atoms with E-state index in [4.69, 9.17) is 11.6 Å². The fourth-order valence-electron chi connectivity index (χ4n) is 1.98. The third kappa shape index (κ3) is 5.30. The standard InChI is InChI=1S/C14H17ClN4O3S3/c1-4-23-14-18-17-13(24-14)16-12(20)8-19(25(3,21)22)11-7-5-6-10(15)9(11)2/h5-7H,4,8H2,1-3H3,(H,16,17,20). The summed E-state index contributed by atoms with van der Waals surface area (Å²) in [6, 6.07) is 4.91. The molecule has 0 unspecified atom stereocenters. The van der Waals surface area contributed by atoms with E-state index in [9.17, 15) is 13.2 Å². The molecule has 2 aromatic rings. The smallest absolute Gasteiger partial charge is 0.246 e. The Morgan fingerprint density at radius 2 is 2.12 bits per heavy atom. The number of nitrogens with one attached hydrogen (secondary N) is 1. The summed E-state index contributed by atoms with van der Waals surface area (Å²) in [6.45, 7) is 3.31. The first kappa shape index (κ1) is 20.0. The highest BCUT2D eigenvalue weighted by atomic mass is 35.5. The van der Waals surface area contributed by atoms with Crippen LogP contribution in [-0.2, 0) is 14.8 Å². The normalized spacial score (nSPS) is 11.4. The molecule has 0 radical (unpaired) electrons. The van der Waals surface area contributed by atoms with Gasteiger partial charge in [-0.05, 0) is 30.4 Å². The van der Waals surface area contributed by atoms with Crippen LogP contribution in [0.25, 0.3) is 0 Å². The summed E-state index contributed by atoms with van der Waals surface area (Å²) < 4.78 is 26.1. The number of aromatic nitrogens is 2. The molecule has 136 valence electrons. The molecule has 0 aliphatic carbocycles. The molecule has 0 saturated carbocycles. The van der Waals surface area contributed by atoms with Gasteiger partial charge in [0.2, 0.25) is 21.1 Å². The highest BCUT2D eigenvalue weighted by Crippen LogP contribution is 2.28. The van der Waals surface area contributed by atoms with Crippen LogP contribution in [0.5, 0.6) is 0 Å². The average Bonchev–Trinajstić information content (AvgIpc) is 2.94. The van der Waals surface area contributed by atoms with Crippen molar-refractivity contribution in [3.63, 3.8) is 0 Å². The SMILES string of the molecule is CCSc1nnc(NC(=O)CN(c2cccc(Cl)c2C)S(C)(=O)=O)s1. The zero-order valence-electron chi connectivity index (χ0n) is 13.8. The van der Waals surface area contributed by atoms with Gasteiger partial charge in [-0.25, -0.2) is 8.42 Å². The summed E-state index contributed by atoms with van der Waals surface area (Å²) in [5.41, 5.74) is 0.949. The summed E-state index contributed by atoms with van der Waals surface area (Å²) in [5.74, 6) is 0.340. The number of thioether (sulfide) groups is 1. The number of sulfonamides is 1. The molecule has 1 aromatic heterocycles. The number of amides is 1. The van der Waals surface area contributed by atoms with E-state index in [0.29, 0.717) is 21.4 Å². The summed E-state index contributed by atoms with van der Waals surface area (Å²) >= 11 is 8.82. The van der Waals surface area contributed by atoms with Crippen LogP contribution in [0.1, 0.15) is 12.5 Å². The molecule has 1 N–H and O–H groups in total. The quantitative estimate of drug-likeness (QED) is 0.546. The van der Waals surface area contributed by atoms with E-state index in [1.54, 1.807) is 25.1 Å². The number of hydrogen-bond donors (Lipinski definition) is 1. The third-order valence-corrected chi connectivity index (χ3v) is 6.51. The van der Waals surface area contributed by atoms with E-state index in [2.05, 4.69) is 15.5 Å². The van der Waals surface area contributed by atoms with Gasteiger partial charge in [-0.2, -0.15) is 0 Å². The molecule has 11 heteroatoms. The van der Waals surface area contributed by atoms with Gasteiger partial charge in [-0.1, -0.05) is 47.7 Å². The Hall–Kier alpha value is -1.36. The Morgan fingerprint density at radius 1 is 1.40 bits per heavy atom.